The summed E-state index contributed by atoms with van der Waals surface area (Å²) in [5, 5.41) is 37.5. The van der Waals surface area contributed by atoms with E-state index in [-0.39, 0.29) is 55.4 Å². The van der Waals surface area contributed by atoms with Gasteiger partial charge in [0.1, 0.15) is 28.6 Å². The summed E-state index contributed by atoms with van der Waals surface area (Å²) in [6.45, 7) is 11.3. The van der Waals surface area contributed by atoms with Gasteiger partial charge in [-0.3, -0.25) is 9.59 Å². The third-order valence-corrected chi connectivity index (χ3v) is 14.5. The molecule has 432 valence electrons. The van der Waals surface area contributed by atoms with E-state index in [2.05, 4.69) is 38.3 Å². The van der Waals surface area contributed by atoms with E-state index in [0.717, 1.165) is 52.2 Å². The van der Waals surface area contributed by atoms with E-state index in [9.17, 15) is 24.9 Å². The molecule has 2 heterocycles. The third-order valence-electron chi connectivity index (χ3n) is 14.5. The van der Waals surface area contributed by atoms with Gasteiger partial charge in [0.25, 0.3) is 0 Å². The normalized spacial score (nSPS) is 13.5. The number of aryl methyl sites for hydroxylation is 2. The minimum Gasteiger partial charge on any atom is -0.444 e. The Hall–Kier alpha value is -8.64. The van der Waals surface area contributed by atoms with Gasteiger partial charge in [-0.25, -0.2) is 22.9 Å². The summed E-state index contributed by atoms with van der Waals surface area (Å²) in [4.78, 5) is 39.3. The Bertz CT molecular complexity index is 3720. The Balaban J connectivity index is 0.000000219. The number of amides is 1. The average molecular weight is 1150 g/mol. The van der Waals surface area contributed by atoms with Crippen molar-refractivity contribution >= 4 is 30.1 Å². The van der Waals surface area contributed by atoms with Gasteiger partial charge < -0.3 is 26.4 Å². The van der Waals surface area contributed by atoms with Gasteiger partial charge >= 0.3 is 6.09 Å². The lowest BCUT2D eigenvalue weighted by Crippen LogP contribution is -2.32. The van der Waals surface area contributed by atoms with Crippen LogP contribution in [0, 0.1) is 60.0 Å². The topological polar surface area (TPSA) is 206 Å². The highest BCUT2D eigenvalue weighted by molar-refractivity contribution is 5.97. The fourth-order valence-corrected chi connectivity index (χ4v) is 9.81. The van der Waals surface area contributed by atoms with E-state index < -0.39 is 23.3 Å². The highest BCUT2D eigenvalue weighted by Gasteiger charge is 2.27. The van der Waals surface area contributed by atoms with E-state index >= 15 is 8.78 Å². The Kier molecular flexibility index (Phi) is 20.2. The maximum atomic E-state index is 15.2. The molecule has 0 saturated heterocycles. The molecule has 2 saturated carbocycles. The number of nitrogens with one attached hydrogen (secondary N) is 3. The lowest BCUT2D eigenvalue weighted by molar-refractivity contribution is 0.0523. The number of hydrogen-bond acceptors (Lipinski definition) is 11. The van der Waals surface area contributed by atoms with Crippen LogP contribution >= 0.6 is 12.4 Å². The van der Waals surface area contributed by atoms with Crippen molar-refractivity contribution in [3.05, 3.63) is 236 Å². The number of alkyl carbamates (subject to hydrolysis) is 1. The summed E-state index contributed by atoms with van der Waals surface area (Å²) in [7, 11) is 0. The SMILES string of the molecule is Cc1cc(C(=O)Cc2cc(C(NCC3CC3)c3ccc(C#N)cc3)ccc2F)n(-c2cccc(CN)c2)n1.Cc1cc(C(=O)Cc2cc(C(NCC3CC3)c3ccc(C#N)cc3)ccc2F)n(-c2cccc(CNC(=O)OC(C)(C)C)c2)n1.Cl. The molecule has 17 heteroatoms. The zero-order valence-electron chi connectivity index (χ0n) is 47.8. The highest BCUT2D eigenvalue weighted by atomic mass is 35.5. The largest absolute Gasteiger partial charge is 0.444 e. The Morgan fingerprint density at radius 2 is 1.04 bits per heavy atom. The van der Waals surface area contributed by atoms with Crippen molar-refractivity contribution in [2.45, 2.75) is 104 Å². The molecule has 5 N–H and O–H groups in total. The number of nitrogens with zero attached hydrogens (tertiary/aromatic N) is 6. The third kappa shape index (κ3) is 16.3. The van der Waals surface area contributed by atoms with Crippen LogP contribution in [0.15, 0.2) is 146 Å². The number of halogens is 3. The summed E-state index contributed by atoms with van der Waals surface area (Å²) in [5.41, 5.74) is 15.9. The number of ketones is 2. The van der Waals surface area contributed by atoms with E-state index in [1.807, 2.05) is 79.7 Å². The number of benzene rings is 6. The van der Waals surface area contributed by atoms with Crippen LogP contribution in [0.4, 0.5) is 13.6 Å². The molecule has 0 aliphatic heterocycles. The fourth-order valence-electron chi connectivity index (χ4n) is 9.81. The first-order valence-corrected chi connectivity index (χ1v) is 28.0. The van der Waals surface area contributed by atoms with Gasteiger partial charge in [-0.1, -0.05) is 72.8 Å². The van der Waals surface area contributed by atoms with E-state index in [1.54, 1.807) is 97.7 Å². The minimum atomic E-state index is -0.607. The monoisotopic (exact) mass is 1150 g/mol. The number of hydrogen-bond donors (Lipinski definition) is 4. The lowest BCUT2D eigenvalue weighted by atomic mass is 9.94. The quantitative estimate of drug-likeness (QED) is 0.0498. The van der Waals surface area contributed by atoms with Gasteiger partial charge in [0, 0.05) is 25.9 Å². The van der Waals surface area contributed by atoms with Crippen LogP contribution in [0.2, 0.25) is 0 Å². The Morgan fingerprint density at radius 1 is 0.619 bits per heavy atom. The molecule has 2 unspecified atom stereocenters. The summed E-state index contributed by atoms with van der Waals surface area (Å²) in [6.07, 6.45) is 4.03. The molecule has 0 bridgehead atoms. The van der Waals surface area contributed by atoms with Gasteiger partial charge in [-0.2, -0.15) is 20.7 Å². The predicted octanol–water partition coefficient (Wildman–Crippen LogP) is 12.3. The van der Waals surface area contributed by atoms with Gasteiger partial charge in [0.2, 0.25) is 0 Å². The molecule has 2 aliphatic rings. The molecular weight excluding hydrogens is 1080 g/mol. The maximum Gasteiger partial charge on any atom is 0.407 e. The van der Waals surface area contributed by atoms with Crippen LogP contribution in [0.5, 0.6) is 0 Å². The molecule has 14 nitrogen and oxygen atoms in total. The van der Waals surface area contributed by atoms with Gasteiger partial charge in [0.05, 0.1) is 58.1 Å². The lowest BCUT2D eigenvalue weighted by Gasteiger charge is -2.21. The standard InChI is InChI=1S/C36H38FN5O3.C31H30FN5O.ClH/c1-23-16-32(42(41-23)30-7-5-6-26(17-30)22-40-35(44)45-36(2,3)4)33(43)19-29-18-28(14-15-31(29)37)34(39-21-25-8-9-25)27-12-10-24(20-38)11-13-27;1-20-13-29(37(36-20)27-4-2-3-23(14-27)18-34)30(38)16-26-15-25(11-12-28(26)32)31(35-19-22-5-6-22)24-9-7-21(17-33)8-10-24;/h5-7,10-18,25,34,39H,8-9,19,21-22H2,1-4H3,(H,40,44);2-4,7-15,22,31,35H,5-6,16,18-19,34H2,1H3;1H. The Labute approximate surface area is 495 Å². The number of aromatic nitrogens is 4. The molecule has 0 radical (unpaired) electrons. The van der Waals surface area contributed by atoms with E-state index in [1.165, 1.54) is 37.8 Å². The average Bonchev–Trinajstić information content (AvgIpc) is 4.54. The van der Waals surface area contributed by atoms with Crippen LogP contribution in [0.1, 0.15) is 147 Å². The van der Waals surface area contributed by atoms with Crippen LogP contribution in [-0.4, -0.2) is 55.9 Å². The molecule has 0 spiro atoms. The number of nitrogens with two attached hydrogens (primary N) is 1. The fraction of sp³-hybridized carbons (Fsp3) is 0.299. The molecule has 10 rings (SSSR count). The van der Waals surface area contributed by atoms with E-state index in [4.69, 9.17) is 10.5 Å². The molecule has 2 aromatic heterocycles. The number of ether oxygens (including phenoxy) is 1. The number of carbonyl (C=O) groups excluding carboxylic acids is 3. The summed E-state index contributed by atoms with van der Waals surface area (Å²) < 4.78 is 38.7. The second-order valence-corrected chi connectivity index (χ2v) is 22.5. The molecule has 1 amide bonds. The van der Waals surface area contributed by atoms with Gasteiger partial charge in [-0.15, -0.1) is 12.4 Å². The summed E-state index contributed by atoms with van der Waals surface area (Å²) in [6, 6.07) is 47.0. The first-order valence-electron chi connectivity index (χ1n) is 28.0. The molecule has 6 aromatic carbocycles. The van der Waals surface area contributed by atoms with Gasteiger partial charge in [0.15, 0.2) is 11.6 Å². The smallest absolute Gasteiger partial charge is 0.407 e. The second-order valence-electron chi connectivity index (χ2n) is 22.5. The molecular formula is C67H69ClF2N10O4. The van der Waals surface area contributed by atoms with Crippen molar-refractivity contribution in [1.29, 1.82) is 10.5 Å². The van der Waals surface area contributed by atoms with Crippen molar-refractivity contribution in [3.63, 3.8) is 0 Å². The molecule has 2 fully saturated rings. The van der Waals surface area contributed by atoms with Crippen molar-refractivity contribution in [2.75, 3.05) is 13.1 Å². The number of Topliss-reactive ketones (excluding diaryl/α,β-unsaturated/α-hetero) is 2. The summed E-state index contributed by atoms with van der Waals surface area (Å²) >= 11 is 0. The molecule has 2 atom stereocenters. The number of rotatable bonds is 21. The maximum absolute atomic E-state index is 15.2. The van der Waals surface area contributed by atoms with E-state index in [0.29, 0.717) is 69.1 Å². The van der Waals surface area contributed by atoms with Crippen molar-refractivity contribution in [3.8, 4) is 23.5 Å². The first-order chi connectivity index (χ1) is 39.9. The minimum absolute atomic E-state index is 0. The van der Waals surface area contributed by atoms with Crippen LogP contribution in [-0.2, 0) is 30.7 Å². The molecule has 84 heavy (non-hydrogen) atoms. The molecule has 8 aromatic rings. The number of carbonyl (C=O) groups is 3. The summed E-state index contributed by atoms with van der Waals surface area (Å²) in [5.74, 6) is -0.0895. The highest BCUT2D eigenvalue weighted by Crippen LogP contribution is 2.33. The molecule has 2 aliphatic carbocycles. The predicted molar refractivity (Wildman–Crippen MR) is 321 cm³/mol. The van der Waals surface area contributed by atoms with Crippen molar-refractivity contribution < 1.29 is 27.9 Å². The van der Waals surface area contributed by atoms with Crippen LogP contribution in [0.25, 0.3) is 11.4 Å². The Morgan fingerprint density at radius 3 is 1.44 bits per heavy atom. The first kappa shape index (κ1) is 61.4. The zero-order chi connectivity index (χ0) is 58.8. The van der Waals surface area contributed by atoms with Crippen molar-refractivity contribution in [2.24, 2.45) is 17.6 Å². The van der Waals surface area contributed by atoms with Gasteiger partial charge in [-0.05, 0) is 203 Å². The zero-order valence-corrected chi connectivity index (χ0v) is 48.6. The number of nitriles is 2. The second kappa shape index (κ2) is 27.6. The van der Waals surface area contributed by atoms with Crippen LogP contribution < -0.4 is 21.7 Å². The van der Waals surface area contributed by atoms with Crippen LogP contribution in [0.3, 0.4) is 0 Å². The van der Waals surface area contributed by atoms with Crippen molar-refractivity contribution in [1.82, 2.24) is 35.5 Å².